The highest BCUT2D eigenvalue weighted by Gasteiger charge is 2.01. The number of fused-ring (bicyclic) bond motifs is 1. The monoisotopic (exact) mass is 216 g/mol. The topological polar surface area (TPSA) is 48.1 Å². The minimum atomic E-state index is 0.189. The highest BCUT2D eigenvalue weighted by molar-refractivity contribution is 5.80. The van der Waals surface area contributed by atoms with Gasteiger partial charge in [0, 0.05) is 11.9 Å². The minimum Gasteiger partial charge on any atom is -0.491 e. The summed E-state index contributed by atoms with van der Waals surface area (Å²) in [6.07, 6.45) is 0.189. The Morgan fingerprint density at radius 3 is 2.75 bits per heavy atom. The lowest BCUT2D eigenvalue weighted by Crippen LogP contribution is -2.05. The number of nitrogens with zero attached hydrogens (tertiary/aromatic N) is 1. The van der Waals surface area contributed by atoms with Crippen LogP contribution in [0.15, 0.2) is 30.3 Å². The second kappa shape index (κ2) is 4.49. The van der Waals surface area contributed by atoms with Crippen molar-refractivity contribution in [3.05, 3.63) is 36.0 Å². The van der Waals surface area contributed by atoms with E-state index >= 15 is 0 Å². The van der Waals surface area contributed by atoms with Crippen molar-refractivity contribution in [2.45, 2.75) is 26.5 Å². The summed E-state index contributed by atoms with van der Waals surface area (Å²) >= 11 is 0. The van der Waals surface area contributed by atoms with E-state index < -0.39 is 0 Å². The van der Waals surface area contributed by atoms with E-state index in [2.05, 4.69) is 4.98 Å². The predicted octanol–water partition coefficient (Wildman–Crippen LogP) is 2.48. The third-order valence-electron chi connectivity index (χ3n) is 2.30. The number of aromatic nitrogens is 1. The normalized spacial score (nSPS) is 11.0. The number of hydrogen-bond acceptors (Lipinski definition) is 3. The first-order chi connectivity index (χ1) is 7.69. The molecule has 0 fully saturated rings. The zero-order valence-electron chi connectivity index (χ0n) is 9.60. The number of ether oxygens (including phenoxy) is 1. The molecule has 0 spiro atoms. The van der Waals surface area contributed by atoms with Crippen LogP contribution < -0.4 is 10.5 Å². The van der Waals surface area contributed by atoms with Crippen LogP contribution in [0.25, 0.3) is 10.9 Å². The van der Waals surface area contributed by atoms with Gasteiger partial charge in [0.15, 0.2) is 0 Å². The first-order valence-corrected chi connectivity index (χ1v) is 5.45. The third-order valence-corrected chi connectivity index (χ3v) is 2.30. The van der Waals surface area contributed by atoms with E-state index in [9.17, 15) is 0 Å². The Balaban J connectivity index is 2.39. The standard InChI is InChI=1S/C13H16N2O/c1-9(2)16-12-5-6-13-10(7-12)3-4-11(8-14)15-13/h3-7,9H,8,14H2,1-2H3. The molecular formula is C13H16N2O. The SMILES string of the molecule is CC(C)Oc1ccc2nc(CN)ccc2c1. The molecule has 2 rings (SSSR count). The molecule has 1 heterocycles. The van der Waals surface area contributed by atoms with Gasteiger partial charge in [0.25, 0.3) is 0 Å². The van der Waals surface area contributed by atoms with Crippen LogP contribution >= 0.6 is 0 Å². The number of rotatable bonds is 3. The van der Waals surface area contributed by atoms with Crippen molar-refractivity contribution in [2.75, 3.05) is 0 Å². The molecule has 3 heteroatoms. The van der Waals surface area contributed by atoms with Crippen LogP contribution in [0.1, 0.15) is 19.5 Å². The van der Waals surface area contributed by atoms with Crippen LogP contribution in [0.3, 0.4) is 0 Å². The molecule has 3 nitrogen and oxygen atoms in total. The largest absolute Gasteiger partial charge is 0.491 e. The van der Waals surface area contributed by atoms with Gasteiger partial charge in [-0.3, -0.25) is 4.98 Å². The summed E-state index contributed by atoms with van der Waals surface area (Å²) in [6.45, 7) is 4.50. The van der Waals surface area contributed by atoms with Gasteiger partial charge < -0.3 is 10.5 Å². The molecule has 84 valence electrons. The molecule has 0 unspecified atom stereocenters. The van der Waals surface area contributed by atoms with Gasteiger partial charge in [-0.25, -0.2) is 0 Å². The molecule has 0 aliphatic rings. The summed E-state index contributed by atoms with van der Waals surface area (Å²) < 4.78 is 5.63. The van der Waals surface area contributed by atoms with Gasteiger partial charge in [0.05, 0.1) is 17.3 Å². The van der Waals surface area contributed by atoms with Crippen molar-refractivity contribution in [2.24, 2.45) is 5.73 Å². The summed E-state index contributed by atoms with van der Waals surface area (Å²) in [5.41, 5.74) is 7.41. The van der Waals surface area contributed by atoms with E-state index in [-0.39, 0.29) is 6.10 Å². The zero-order valence-corrected chi connectivity index (χ0v) is 9.60. The molecule has 0 saturated heterocycles. The number of nitrogens with two attached hydrogens (primary N) is 1. The Kier molecular flexibility index (Phi) is 3.06. The Bertz CT molecular complexity index is 494. The lowest BCUT2D eigenvalue weighted by atomic mass is 10.2. The molecule has 0 atom stereocenters. The second-order valence-electron chi connectivity index (χ2n) is 4.03. The van der Waals surface area contributed by atoms with E-state index in [0.29, 0.717) is 6.54 Å². The van der Waals surface area contributed by atoms with Crippen LogP contribution in [-0.4, -0.2) is 11.1 Å². The molecule has 0 saturated carbocycles. The third kappa shape index (κ3) is 2.31. The van der Waals surface area contributed by atoms with Crippen LogP contribution in [0.5, 0.6) is 5.75 Å². The average Bonchev–Trinajstić information content (AvgIpc) is 2.27. The molecule has 2 N–H and O–H groups in total. The number of pyridine rings is 1. The zero-order chi connectivity index (χ0) is 11.5. The Hall–Kier alpha value is -1.61. The summed E-state index contributed by atoms with van der Waals surface area (Å²) in [7, 11) is 0. The maximum absolute atomic E-state index is 5.63. The van der Waals surface area contributed by atoms with E-state index in [0.717, 1.165) is 22.3 Å². The van der Waals surface area contributed by atoms with Crippen molar-refractivity contribution in [3.8, 4) is 5.75 Å². The van der Waals surface area contributed by atoms with Crippen molar-refractivity contribution in [1.29, 1.82) is 0 Å². The fraction of sp³-hybridized carbons (Fsp3) is 0.308. The molecule has 1 aromatic carbocycles. The highest BCUT2D eigenvalue weighted by Crippen LogP contribution is 2.20. The number of hydrogen-bond donors (Lipinski definition) is 1. The molecule has 0 amide bonds. The van der Waals surface area contributed by atoms with Crippen molar-refractivity contribution in [1.82, 2.24) is 4.98 Å². The van der Waals surface area contributed by atoms with Gasteiger partial charge in [0.2, 0.25) is 0 Å². The fourth-order valence-electron chi connectivity index (χ4n) is 1.61. The summed E-state index contributed by atoms with van der Waals surface area (Å²) in [4.78, 5) is 4.43. The van der Waals surface area contributed by atoms with Crippen LogP contribution in [0.2, 0.25) is 0 Å². The lowest BCUT2D eigenvalue weighted by Gasteiger charge is -2.10. The van der Waals surface area contributed by atoms with E-state index in [4.69, 9.17) is 10.5 Å². The molecule has 16 heavy (non-hydrogen) atoms. The van der Waals surface area contributed by atoms with Gasteiger partial charge >= 0.3 is 0 Å². The molecule has 1 aromatic heterocycles. The fourth-order valence-corrected chi connectivity index (χ4v) is 1.61. The molecule has 0 radical (unpaired) electrons. The van der Waals surface area contributed by atoms with Gasteiger partial charge in [0.1, 0.15) is 5.75 Å². The summed E-state index contributed by atoms with van der Waals surface area (Å²) in [5.74, 6) is 0.879. The van der Waals surface area contributed by atoms with Gasteiger partial charge in [-0.1, -0.05) is 6.07 Å². The highest BCUT2D eigenvalue weighted by atomic mass is 16.5. The molecule has 0 bridgehead atoms. The summed E-state index contributed by atoms with van der Waals surface area (Å²) in [6, 6.07) is 9.88. The van der Waals surface area contributed by atoms with Gasteiger partial charge in [-0.15, -0.1) is 0 Å². The van der Waals surface area contributed by atoms with Crippen molar-refractivity contribution in [3.63, 3.8) is 0 Å². The maximum atomic E-state index is 5.63. The molecule has 2 aromatic rings. The minimum absolute atomic E-state index is 0.189. The second-order valence-corrected chi connectivity index (χ2v) is 4.03. The van der Waals surface area contributed by atoms with Crippen molar-refractivity contribution < 1.29 is 4.74 Å². The van der Waals surface area contributed by atoms with Gasteiger partial charge in [-0.2, -0.15) is 0 Å². The first-order valence-electron chi connectivity index (χ1n) is 5.45. The quantitative estimate of drug-likeness (QED) is 0.857. The van der Waals surface area contributed by atoms with Gasteiger partial charge in [-0.05, 0) is 38.1 Å². The van der Waals surface area contributed by atoms with Crippen LogP contribution in [0.4, 0.5) is 0 Å². The van der Waals surface area contributed by atoms with E-state index in [1.54, 1.807) is 0 Å². The molecule has 0 aliphatic heterocycles. The van der Waals surface area contributed by atoms with E-state index in [1.165, 1.54) is 0 Å². The molecular weight excluding hydrogens is 200 g/mol. The Morgan fingerprint density at radius 2 is 2.06 bits per heavy atom. The predicted molar refractivity (Wildman–Crippen MR) is 65.4 cm³/mol. The lowest BCUT2D eigenvalue weighted by molar-refractivity contribution is 0.243. The Morgan fingerprint density at radius 1 is 1.25 bits per heavy atom. The maximum Gasteiger partial charge on any atom is 0.120 e. The first kappa shape index (κ1) is 10.9. The average molecular weight is 216 g/mol. The number of benzene rings is 1. The summed E-state index contributed by atoms with van der Waals surface area (Å²) in [5, 5.41) is 1.08. The van der Waals surface area contributed by atoms with E-state index in [1.807, 2.05) is 44.2 Å². The Labute approximate surface area is 95.2 Å². The van der Waals surface area contributed by atoms with Crippen LogP contribution in [-0.2, 0) is 6.54 Å². The smallest absolute Gasteiger partial charge is 0.120 e. The van der Waals surface area contributed by atoms with Crippen LogP contribution in [0, 0.1) is 0 Å². The molecule has 0 aliphatic carbocycles. The van der Waals surface area contributed by atoms with Crippen molar-refractivity contribution >= 4 is 10.9 Å².